The van der Waals surface area contributed by atoms with Crippen molar-refractivity contribution in [3.05, 3.63) is 113 Å². The number of hydrogen-bond donors (Lipinski definition) is 1. The molecule has 2 amide bonds. The molecule has 4 aromatic carbocycles. The van der Waals surface area contributed by atoms with Crippen LogP contribution in [-0.4, -0.2) is 53.4 Å². The minimum Gasteiger partial charge on any atom is -0.497 e. The number of benzene rings is 4. The van der Waals surface area contributed by atoms with Crippen LogP contribution in [0.4, 0.5) is 10.1 Å². The van der Waals surface area contributed by atoms with Crippen LogP contribution >= 0.6 is 11.6 Å². The quantitative estimate of drug-likeness (QED) is 0.196. The molecule has 0 aliphatic rings. The van der Waals surface area contributed by atoms with Crippen molar-refractivity contribution in [3.8, 4) is 28.6 Å². The number of nitrogens with one attached hydrogen (secondary N) is 1. The van der Waals surface area contributed by atoms with Crippen molar-refractivity contribution in [1.29, 1.82) is 0 Å². The Morgan fingerprint density at radius 1 is 0.891 bits per heavy atom. The number of methoxy groups -OCH3 is 3. The lowest BCUT2D eigenvalue weighted by atomic mass is 10.0. The summed E-state index contributed by atoms with van der Waals surface area (Å²) >= 11 is 6.17. The van der Waals surface area contributed by atoms with Gasteiger partial charge in [0.05, 0.1) is 21.3 Å². The minimum atomic E-state index is -1.13. The molecular formula is C33H30ClFN6O5. The van der Waals surface area contributed by atoms with E-state index in [1.165, 1.54) is 38.4 Å². The van der Waals surface area contributed by atoms with Gasteiger partial charge in [-0.25, -0.2) is 4.39 Å². The van der Waals surface area contributed by atoms with Gasteiger partial charge in [-0.15, -0.1) is 10.2 Å². The van der Waals surface area contributed by atoms with E-state index >= 15 is 0 Å². The van der Waals surface area contributed by atoms with Crippen molar-refractivity contribution in [1.82, 2.24) is 25.5 Å². The SMILES string of the molecule is COc1ccc(N(C(=O)Cn2nnc(-c3ccc(OC)c(OC)c3)n2)[C@@H](C(=O)NCc2ccc(F)cc2)c2ccc(Cl)cc2)cc1. The highest BCUT2D eigenvalue weighted by Gasteiger charge is 2.33. The minimum absolute atomic E-state index is 0.104. The van der Waals surface area contributed by atoms with Crippen LogP contribution in [0, 0.1) is 5.82 Å². The van der Waals surface area contributed by atoms with Gasteiger partial charge in [-0.3, -0.25) is 14.5 Å². The molecule has 0 bridgehead atoms. The van der Waals surface area contributed by atoms with Crippen LogP contribution in [0.5, 0.6) is 17.2 Å². The van der Waals surface area contributed by atoms with E-state index in [9.17, 15) is 14.0 Å². The number of tetrazole rings is 1. The molecule has 0 aliphatic heterocycles. The molecule has 236 valence electrons. The number of nitrogens with zero attached hydrogens (tertiary/aromatic N) is 5. The second kappa shape index (κ2) is 14.5. The molecule has 0 spiro atoms. The normalized spacial score (nSPS) is 11.4. The Bertz CT molecular complexity index is 1800. The molecule has 1 aromatic heterocycles. The van der Waals surface area contributed by atoms with E-state index in [1.54, 1.807) is 78.9 Å². The number of rotatable bonds is 12. The second-order valence-corrected chi connectivity index (χ2v) is 10.4. The fourth-order valence-corrected chi connectivity index (χ4v) is 4.85. The van der Waals surface area contributed by atoms with E-state index in [1.807, 2.05) is 0 Å². The Hall–Kier alpha value is -5.49. The van der Waals surface area contributed by atoms with Gasteiger partial charge in [-0.05, 0) is 83.1 Å². The fourth-order valence-electron chi connectivity index (χ4n) is 4.73. The van der Waals surface area contributed by atoms with Crippen LogP contribution < -0.4 is 24.4 Å². The summed E-state index contributed by atoms with van der Waals surface area (Å²) in [6, 6.07) is 23.2. The molecule has 1 atom stereocenters. The maximum atomic E-state index is 14.2. The summed E-state index contributed by atoms with van der Waals surface area (Å²) in [7, 11) is 4.58. The first kappa shape index (κ1) is 31.9. The van der Waals surface area contributed by atoms with Crippen LogP contribution in [-0.2, 0) is 22.7 Å². The Morgan fingerprint density at radius 2 is 1.59 bits per heavy atom. The highest BCUT2D eigenvalue weighted by molar-refractivity contribution is 6.30. The monoisotopic (exact) mass is 644 g/mol. The molecule has 0 saturated carbocycles. The average molecular weight is 645 g/mol. The van der Waals surface area contributed by atoms with Crippen LogP contribution in [0.15, 0.2) is 91.0 Å². The van der Waals surface area contributed by atoms with E-state index in [2.05, 4.69) is 20.7 Å². The lowest BCUT2D eigenvalue weighted by Crippen LogP contribution is -2.45. The summed E-state index contributed by atoms with van der Waals surface area (Å²) in [5, 5.41) is 16.0. The third kappa shape index (κ3) is 7.41. The van der Waals surface area contributed by atoms with Gasteiger partial charge >= 0.3 is 0 Å². The second-order valence-electron chi connectivity index (χ2n) is 9.97. The van der Waals surface area contributed by atoms with Gasteiger partial charge in [0.2, 0.25) is 11.7 Å². The van der Waals surface area contributed by atoms with Crippen molar-refractivity contribution >= 4 is 29.1 Å². The molecular weight excluding hydrogens is 615 g/mol. The van der Waals surface area contributed by atoms with E-state index in [-0.39, 0.29) is 24.7 Å². The van der Waals surface area contributed by atoms with Gasteiger partial charge in [0, 0.05) is 22.8 Å². The number of ether oxygens (including phenoxy) is 3. The summed E-state index contributed by atoms with van der Waals surface area (Å²) in [6.45, 7) is -0.241. The van der Waals surface area contributed by atoms with Gasteiger partial charge in [-0.1, -0.05) is 35.9 Å². The summed E-state index contributed by atoms with van der Waals surface area (Å²) < 4.78 is 29.5. The number of halogens is 2. The Balaban J connectivity index is 1.49. The lowest BCUT2D eigenvalue weighted by Gasteiger charge is -2.31. The highest BCUT2D eigenvalue weighted by atomic mass is 35.5. The summed E-state index contributed by atoms with van der Waals surface area (Å²) in [6.07, 6.45) is 0. The van der Waals surface area contributed by atoms with Crippen molar-refractivity contribution in [2.24, 2.45) is 0 Å². The zero-order valence-electron chi connectivity index (χ0n) is 25.2. The van der Waals surface area contributed by atoms with Crippen LogP contribution in [0.3, 0.4) is 0 Å². The molecule has 0 radical (unpaired) electrons. The average Bonchev–Trinajstić information content (AvgIpc) is 3.55. The van der Waals surface area contributed by atoms with Crippen molar-refractivity contribution in [2.45, 2.75) is 19.1 Å². The van der Waals surface area contributed by atoms with Crippen molar-refractivity contribution in [3.63, 3.8) is 0 Å². The molecule has 5 aromatic rings. The van der Waals surface area contributed by atoms with Gasteiger partial charge in [0.1, 0.15) is 24.2 Å². The molecule has 1 N–H and O–H groups in total. The summed E-state index contributed by atoms with van der Waals surface area (Å²) in [5.74, 6) is 0.479. The number of anilines is 1. The van der Waals surface area contributed by atoms with E-state index < -0.39 is 17.9 Å². The topological polar surface area (TPSA) is 121 Å². The molecule has 0 saturated heterocycles. The predicted molar refractivity (Wildman–Crippen MR) is 169 cm³/mol. The molecule has 5 rings (SSSR count). The van der Waals surface area contributed by atoms with Crippen molar-refractivity contribution < 1.29 is 28.2 Å². The molecule has 1 heterocycles. The molecule has 13 heteroatoms. The van der Waals surface area contributed by atoms with Crippen LogP contribution in [0.25, 0.3) is 11.4 Å². The number of hydrogen-bond acceptors (Lipinski definition) is 8. The molecule has 0 aliphatic carbocycles. The van der Waals surface area contributed by atoms with Gasteiger partial charge < -0.3 is 19.5 Å². The molecule has 46 heavy (non-hydrogen) atoms. The maximum absolute atomic E-state index is 14.2. The largest absolute Gasteiger partial charge is 0.497 e. The smallest absolute Gasteiger partial charge is 0.251 e. The maximum Gasteiger partial charge on any atom is 0.251 e. The third-order valence-electron chi connectivity index (χ3n) is 7.06. The summed E-state index contributed by atoms with van der Waals surface area (Å²) in [4.78, 5) is 30.6. The highest BCUT2D eigenvalue weighted by Crippen LogP contribution is 2.32. The van der Waals surface area contributed by atoms with E-state index in [0.717, 1.165) is 4.80 Å². The Kier molecular flexibility index (Phi) is 10.1. The zero-order valence-corrected chi connectivity index (χ0v) is 25.9. The molecule has 11 nitrogen and oxygen atoms in total. The van der Waals surface area contributed by atoms with Gasteiger partial charge in [0.15, 0.2) is 11.5 Å². The zero-order chi connectivity index (χ0) is 32.6. The first-order valence-corrected chi connectivity index (χ1v) is 14.4. The lowest BCUT2D eigenvalue weighted by molar-refractivity contribution is -0.127. The standard InChI is InChI=1S/C33H30ClFN6O5/c1-44-27-15-13-26(14-16-27)41(30(42)20-40-38-32(37-39-40)23-8-17-28(45-2)29(18-23)46-3)31(22-6-9-24(34)10-7-22)33(43)36-19-21-4-11-25(35)12-5-21/h4-18,31H,19-20H2,1-3H3,(H,36,43)/t31-/m1/s1. The number of amides is 2. The summed E-state index contributed by atoms with van der Waals surface area (Å²) in [5.41, 5.74) is 2.20. The van der Waals surface area contributed by atoms with Gasteiger partial charge in [-0.2, -0.15) is 4.80 Å². The van der Waals surface area contributed by atoms with Crippen LogP contribution in [0.1, 0.15) is 17.2 Å². The fraction of sp³-hybridized carbons (Fsp3) is 0.182. The Labute approximate surface area is 269 Å². The number of carbonyl (C=O) groups excluding carboxylic acids is 2. The van der Waals surface area contributed by atoms with E-state index in [0.29, 0.717) is 44.6 Å². The van der Waals surface area contributed by atoms with E-state index in [4.69, 9.17) is 25.8 Å². The van der Waals surface area contributed by atoms with Gasteiger partial charge in [0.25, 0.3) is 5.91 Å². The van der Waals surface area contributed by atoms with Crippen molar-refractivity contribution in [2.75, 3.05) is 26.2 Å². The molecule has 0 fully saturated rings. The first-order chi connectivity index (χ1) is 22.3. The van der Waals surface area contributed by atoms with Crippen LogP contribution in [0.2, 0.25) is 5.02 Å². The predicted octanol–water partition coefficient (Wildman–Crippen LogP) is 5.25. The number of carbonyl (C=O) groups is 2. The number of aromatic nitrogens is 4. The Morgan fingerprint density at radius 3 is 2.24 bits per heavy atom. The first-order valence-electron chi connectivity index (χ1n) is 14.0. The molecule has 0 unspecified atom stereocenters. The third-order valence-corrected chi connectivity index (χ3v) is 7.31.